The molecule has 1 fully saturated rings. The molecule has 0 saturated carbocycles. The molecule has 1 aromatic carbocycles. The number of carbonyl (C=O) groups excluding carboxylic acids is 1. The lowest BCUT2D eigenvalue weighted by Crippen LogP contribution is -2.18. The van der Waals surface area contributed by atoms with Crippen LogP contribution in [0.2, 0.25) is 5.02 Å². The van der Waals surface area contributed by atoms with E-state index in [-0.39, 0.29) is 5.91 Å². The third kappa shape index (κ3) is 6.41. The maximum absolute atomic E-state index is 10.9. The molecule has 0 bridgehead atoms. The van der Waals surface area contributed by atoms with E-state index in [4.69, 9.17) is 30.7 Å². The first kappa shape index (κ1) is 19.9. The molecular formula is C16H21ClN2O5S. The van der Waals surface area contributed by atoms with Gasteiger partial charge in [0.1, 0.15) is 5.75 Å². The Labute approximate surface area is 155 Å². The Morgan fingerprint density at radius 1 is 1.40 bits per heavy atom. The van der Waals surface area contributed by atoms with Gasteiger partial charge in [-0.1, -0.05) is 30.5 Å². The van der Waals surface area contributed by atoms with Crippen LogP contribution >= 0.6 is 23.6 Å². The predicted octanol–water partition coefficient (Wildman–Crippen LogP) is 3.93. The normalized spacial score (nSPS) is 16.0. The molecule has 0 aromatic heterocycles. The molecule has 0 radical (unpaired) electrons. The van der Waals surface area contributed by atoms with Crippen molar-refractivity contribution in [3.63, 3.8) is 0 Å². The zero-order chi connectivity index (χ0) is 18.1. The lowest BCUT2D eigenvalue weighted by molar-refractivity contribution is -0.259. The summed E-state index contributed by atoms with van der Waals surface area (Å²) in [5.41, 5.74) is 2.36. The summed E-state index contributed by atoms with van der Waals surface area (Å²) in [6.45, 7) is 0.607. The predicted molar refractivity (Wildman–Crippen MR) is 95.5 cm³/mol. The van der Waals surface area contributed by atoms with Gasteiger partial charge in [0.15, 0.2) is 0 Å². The number of nitrogens with zero attached hydrogens (tertiary/aromatic N) is 1. The molecule has 2 N–H and O–H groups in total. The van der Waals surface area contributed by atoms with Crippen molar-refractivity contribution in [1.29, 1.82) is 0 Å². The quantitative estimate of drug-likeness (QED) is 0.287. The number of hydrogen-bond donors (Lipinski definition) is 2. The molecule has 1 saturated heterocycles. The van der Waals surface area contributed by atoms with E-state index in [0.717, 1.165) is 43.3 Å². The van der Waals surface area contributed by atoms with Crippen LogP contribution in [0.15, 0.2) is 23.3 Å². The van der Waals surface area contributed by atoms with E-state index in [2.05, 4.69) is 0 Å². The minimum absolute atomic E-state index is 0.329. The van der Waals surface area contributed by atoms with Gasteiger partial charge in [0.25, 0.3) is 0 Å². The number of rotatable bonds is 9. The Bertz CT molecular complexity index is 614. The highest BCUT2D eigenvalue weighted by Gasteiger charge is 2.22. The number of hydroxylamine groups is 3. The van der Waals surface area contributed by atoms with E-state index >= 15 is 0 Å². The smallest absolute Gasteiger partial charge is 0.243 e. The molecule has 1 aromatic rings. The Hall–Kier alpha value is -1.45. The second kappa shape index (κ2) is 10.5. The van der Waals surface area contributed by atoms with Crippen LogP contribution in [0.25, 0.3) is 6.08 Å². The van der Waals surface area contributed by atoms with Gasteiger partial charge in [-0.2, -0.15) is 4.28 Å². The van der Waals surface area contributed by atoms with Crippen LogP contribution < -0.4 is 10.2 Å². The molecule has 0 aliphatic carbocycles. The average Bonchev–Trinajstić information content (AvgIpc) is 3.06. The van der Waals surface area contributed by atoms with Crippen LogP contribution in [-0.2, 0) is 13.9 Å². The van der Waals surface area contributed by atoms with E-state index in [0.29, 0.717) is 28.8 Å². The first-order valence-corrected chi connectivity index (χ1v) is 9.03. The van der Waals surface area contributed by atoms with E-state index in [1.54, 1.807) is 24.7 Å². The Balaban J connectivity index is 1.74. The lowest BCUT2D eigenvalue weighted by Gasteiger charge is -2.10. The monoisotopic (exact) mass is 388 g/mol. The Morgan fingerprint density at radius 2 is 2.20 bits per heavy atom. The van der Waals surface area contributed by atoms with Crippen molar-refractivity contribution >= 4 is 35.6 Å². The summed E-state index contributed by atoms with van der Waals surface area (Å²) in [4.78, 5) is 16.5. The van der Waals surface area contributed by atoms with Gasteiger partial charge in [0.2, 0.25) is 11.0 Å². The Kier molecular flexibility index (Phi) is 8.36. The molecule has 1 amide bonds. The molecule has 2 rings (SSSR count). The summed E-state index contributed by atoms with van der Waals surface area (Å²) in [5.74, 6) is 0.307. The third-order valence-electron chi connectivity index (χ3n) is 3.51. The second-order valence-electron chi connectivity index (χ2n) is 5.32. The number of nitrogens with one attached hydrogen (secondary N) is 1. The zero-order valence-corrected chi connectivity index (χ0v) is 15.4. The SMILES string of the molecule is COc1cccc(Cl)c1C=C1ON(CCCCCCC(=O)NO)OS1. The first-order valence-electron chi connectivity index (χ1n) is 7.91. The average molecular weight is 389 g/mol. The van der Waals surface area contributed by atoms with Crippen LogP contribution in [0.3, 0.4) is 0 Å². The van der Waals surface area contributed by atoms with Crippen molar-refractivity contribution in [2.45, 2.75) is 32.1 Å². The van der Waals surface area contributed by atoms with Crippen molar-refractivity contribution in [3.8, 4) is 5.75 Å². The fourth-order valence-corrected chi connectivity index (χ4v) is 2.99. The lowest BCUT2D eigenvalue weighted by atomic mass is 10.1. The first-order chi connectivity index (χ1) is 12.1. The molecule has 0 spiro atoms. The van der Waals surface area contributed by atoms with Crippen LogP contribution in [0, 0.1) is 0 Å². The molecule has 25 heavy (non-hydrogen) atoms. The summed E-state index contributed by atoms with van der Waals surface area (Å²) in [7, 11) is 1.59. The van der Waals surface area contributed by atoms with Gasteiger partial charge in [-0.15, -0.1) is 0 Å². The third-order valence-corrected chi connectivity index (χ3v) is 4.44. The number of amides is 1. The number of carbonyl (C=O) groups is 1. The van der Waals surface area contributed by atoms with Gasteiger partial charge < -0.3 is 9.57 Å². The summed E-state index contributed by atoms with van der Waals surface area (Å²) in [5, 5.41) is 11.0. The van der Waals surface area contributed by atoms with Gasteiger partial charge >= 0.3 is 0 Å². The van der Waals surface area contributed by atoms with Crippen LogP contribution in [-0.4, -0.2) is 30.0 Å². The summed E-state index contributed by atoms with van der Waals surface area (Å²) >= 11 is 7.32. The maximum Gasteiger partial charge on any atom is 0.243 e. The highest BCUT2D eigenvalue weighted by Crippen LogP contribution is 2.35. The van der Waals surface area contributed by atoms with E-state index in [1.807, 2.05) is 12.1 Å². The molecular weight excluding hydrogens is 368 g/mol. The number of methoxy groups -OCH3 is 1. The van der Waals surface area contributed by atoms with E-state index < -0.39 is 0 Å². The fraction of sp³-hybridized carbons (Fsp3) is 0.438. The molecule has 7 nitrogen and oxygen atoms in total. The van der Waals surface area contributed by atoms with Crippen LogP contribution in [0.4, 0.5) is 0 Å². The standard InChI is InChI=1S/C16H21ClN2O5S/c1-22-14-8-6-7-13(17)12(14)11-16-23-19(24-25-16)10-5-3-2-4-9-15(20)18-21/h6-8,11,21H,2-5,9-10H2,1H3,(H,18,20). The topological polar surface area (TPSA) is 80.3 Å². The molecule has 1 heterocycles. The van der Waals surface area contributed by atoms with Crippen molar-refractivity contribution in [3.05, 3.63) is 33.9 Å². The summed E-state index contributed by atoms with van der Waals surface area (Å²) in [6, 6.07) is 5.43. The van der Waals surface area contributed by atoms with Gasteiger partial charge in [0, 0.05) is 18.1 Å². The van der Waals surface area contributed by atoms with Crippen molar-refractivity contribution in [2.75, 3.05) is 13.7 Å². The Morgan fingerprint density at radius 3 is 2.96 bits per heavy atom. The van der Waals surface area contributed by atoms with E-state index in [9.17, 15) is 4.79 Å². The van der Waals surface area contributed by atoms with Gasteiger partial charge in [-0.25, -0.2) is 5.48 Å². The number of unbranched alkanes of at least 4 members (excludes halogenated alkanes) is 3. The number of halogens is 1. The second-order valence-corrected chi connectivity index (χ2v) is 6.45. The minimum atomic E-state index is -0.354. The fourth-order valence-electron chi connectivity index (χ4n) is 2.23. The highest BCUT2D eigenvalue weighted by molar-refractivity contribution is 7.98. The minimum Gasteiger partial charge on any atom is -0.496 e. The largest absolute Gasteiger partial charge is 0.496 e. The molecule has 9 heteroatoms. The molecule has 138 valence electrons. The van der Waals surface area contributed by atoms with Crippen molar-refractivity contribution in [1.82, 2.24) is 10.7 Å². The van der Waals surface area contributed by atoms with Crippen molar-refractivity contribution in [2.24, 2.45) is 0 Å². The van der Waals surface area contributed by atoms with Crippen LogP contribution in [0.5, 0.6) is 5.75 Å². The van der Waals surface area contributed by atoms with Gasteiger partial charge in [0.05, 0.1) is 30.7 Å². The maximum atomic E-state index is 10.9. The van der Waals surface area contributed by atoms with Gasteiger partial charge in [-0.3, -0.25) is 10.0 Å². The zero-order valence-electron chi connectivity index (χ0n) is 13.9. The summed E-state index contributed by atoms with van der Waals surface area (Å²) in [6.07, 6.45) is 5.54. The number of ether oxygens (including phenoxy) is 1. The van der Waals surface area contributed by atoms with Crippen molar-refractivity contribution < 1.29 is 23.9 Å². The molecule has 1 aliphatic rings. The highest BCUT2D eigenvalue weighted by atomic mass is 35.5. The molecule has 0 unspecified atom stereocenters. The summed E-state index contributed by atoms with van der Waals surface area (Å²) < 4.78 is 10.7. The van der Waals surface area contributed by atoms with Gasteiger partial charge in [-0.05, 0) is 30.2 Å². The molecule has 0 atom stereocenters. The van der Waals surface area contributed by atoms with E-state index in [1.165, 1.54) is 5.23 Å². The van der Waals surface area contributed by atoms with Crippen LogP contribution in [0.1, 0.15) is 37.7 Å². The number of benzene rings is 1. The number of hydrogen-bond acceptors (Lipinski definition) is 7. The molecule has 1 aliphatic heterocycles.